The SMILES string of the molecule is CCC(C(=O)O)C(=O)SCCNC(=O)CCNC(=O)C(O)C(C)(C)COP(=O)([O-])OP(=O)([O-])OCC1OC(n2cnc3c(N)ncnc32)C(O)C1OP(=O)([O-])O.[Na+].[Na+].[Na+]. The molecule has 1 saturated heterocycles. The molecular formula is C26H39N7Na3O19P3S. The van der Waals surface area contributed by atoms with Gasteiger partial charge < -0.3 is 69.6 Å². The number of aromatic nitrogens is 4. The van der Waals surface area contributed by atoms with Crippen LogP contribution in [0.15, 0.2) is 12.7 Å². The Morgan fingerprint density at radius 1 is 1.05 bits per heavy atom. The Bertz CT molecular complexity index is 1900. The average molecular weight is 948 g/mol. The number of thioether (sulfide) groups is 1. The fourth-order valence-corrected chi connectivity index (χ4v) is 8.43. The predicted molar refractivity (Wildman–Crippen MR) is 182 cm³/mol. The van der Waals surface area contributed by atoms with Crippen LogP contribution in [0.25, 0.3) is 11.2 Å². The van der Waals surface area contributed by atoms with E-state index in [9.17, 15) is 62.7 Å². The molecule has 59 heavy (non-hydrogen) atoms. The summed E-state index contributed by atoms with van der Waals surface area (Å²) >= 11 is 0.741. The van der Waals surface area contributed by atoms with Gasteiger partial charge in [0.25, 0.3) is 23.5 Å². The van der Waals surface area contributed by atoms with E-state index in [0.29, 0.717) is 0 Å². The summed E-state index contributed by atoms with van der Waals surface area (Å²) in [6, 6.07) is 0. The molecule has 2 amide bonds. The first-order valence-electron chi connectivity index (χ1n) is 16.1. The van der Waals surface area contributed by atoms with Crippen LogP contribution in [0, 0.1) is 11.3 Å². The molecule has 1 fully saturated rings. The molecule has 3 heterocycles. The van der Waals surface area contributed by atoms with Crippen molar-refractivity contribution >= 4 is 75.1 Å². The number of amides is 2. The van der Waals surface area contributed by atoms with Gasteiger partial charge in [-0.15, -0.1) is 0 Å². The molecule has 8 N–H and O–H groups in total. The minimum absolute atomic E-state index is 0. The van der Waals surface area contributed by atoms with Crippen molar-refractivity contribution in [2.24, 2.45) is 11.3 Å². The van der Waals surface area contributed by atoms with Crippen LogP contribution < -0.4 is 120 Å². The van der Waals surface area contributed by atoms with Crippen molar-refractivity contribution < 1.29 is 179 Å². The van der Waals surface area contributed by atoms with Crippen LogP contribution in [0.4, 0.5) is 5.82 Å². The monoisotopic (exact) mass is 947 g/mol. The van der Waals surface area contributed by atoms with Crippen molar-refractivity contribution in [3.05, 3.63) is 12.7 Å². The van der Waals surface area contributed by atoms with Crippen LogP contribution >= 0.6 is 35.2 Å². The maximum atomic E-state index is 12.5. The predicted octanol–water partition coefficient (Wildman–Crippen LogP) is -12.1. The summed E-state index contributed by atoms with van der Waals surface area (Å²) in [5.74, 6) is -4.02. The smallest absolute Gasteiger partial charge is 0.756 e. The van der Waals surface area contributed by atoms with Gasteiger partial charge in [0.2, 0.25) is 16.9 Å². The second-order valence-electron chi connectivity index (χ2n) is 12.5. The number of carboxylic acids is 1. The van der Waals surface area contributed by atoms with Crippen LogP contribution in [0.1, 0.15) is 39.8 Å². The number of carbonyl (C=O) groups excluding carboxylic acids is 3. The third-order valence-corrected chi connectivity index (χ3v) is 11.7. The van der Waals surface area contributed by atoms with Crippen molar-refractivity contribution in [2.75, 3.05) is 37.8 Å². The van der Waals surface area contributed by atoms with Gasteiger partial charge in [-0.1, -0.05) is 32.5 Å². The summed E-state index contributed by atoms with van der Waals surface area (Å²) in [5.41, 5.74) is 4.04. The number of rotatable bonds is 22. The summed E-state index contributed by atoms with van der Waals surface area (Å²) in [7, 11) is -17.4. The fourth-order valence-electron chi connectivity index (χ4n) is 4.81. The number of nitrogens with one attached hydrogen (secondary N) is 2. The topological polar surface area (TPSA) is 409 Å². The van der Waals surface area contributed by atoms with Gasteiger partial charge in [-0.05, 0) is 6.42 Å². The van der Waals surface area contributed by atoms with Gasteiger partial charge in [0, 0.05) is 30.7 Å². The number of hydrogen-bond donors (Lipinski definition) is 7. The van der Waals surface area contributed by atoms with Gasteiger partial charge in [-0.2, -0.15) is 0 Å². The molecular weight excluding hydrogens is 908 g/mol. The molecule has 0 spiro atoms. The number of carboxylic acid groups (broad SMARTS) is 1. The molecule has 0 bridgehead atoms. The van der Waals surface area contributed by atoms with Crippen LogP contribution in [0.2, 0.25) is 0 Å². The average Bonchev–Trinajstić information content (AvgIpc) is 3.64. The molecule has 26 nitrogen and oxygen atoms in total. The van der Waals surface area contributed by atoms with E-state index in [4.69, 9.17) is 15.6 Å². The molecule has 1 aliphatic heterocycles. The minimum atomic E-state index is -5.92. The van der Waals surface area contributed by atoms with E-state index in [2.05, 4.69) is 43.5 Å². The Balaban J connectivity index is 0.0000112. The molecule has 1 aliphatic rings. The Labute approximate surface area is 406 Å². The number of nitrogens with zero attached hydrogens (tertiary/aromatic N) is 4. The number of aliphatic hydroxyl groups is 2. The first-order chi connectivity index (χ1) is 25.9. The summed E-state index contributed by atoms with van der Waals surface area (Å²) in [6.45, 7) is 1.33. The van der Waals surface area contributed by atoms with Gasteiger partial charge >= 0.3 is 94.6 Å². The number of aliphatic hydroxyl groups excluding tert-OH is 2. The zero-order valence-electron chi connectivity index (χ0n) is 32.6. The van der Waals surface area contributed by atoms with Crippen molar-refractivity contribution in [1.29, 1.82) is 0 Å². The molecule has 2 aromatic heterocycles. The number of nitrogen functional groups attached to an aromatic ring is 1. The molecule has 9 unspecified atom stereocenters. The Morgan fingerprint density at radius 2 is 1.68 bits per heavy atom. The van der Waals surface area contributed by atoms with E-state index in [0.717, 1.165) is 29.0 Å². The number of aliphatic carboxylic acids is 1. The fraction of sp³-hybridized carbons (Fsp3) is 0.654. The molecule has 0 radical (unpaired) electrons. The van der Waals surface area contributed by atoms with E-state index in [1.54, 1.807) is 6.92 Å². The van der Waals surface area contributed by atoms with Gasteiger partial charge in [-0.25, -0.2) is 19.3 Å². The summed E-state index contributed by atoms with van der Waals surface area (Å²) in [6.07, 6.45) is -7.48. The summed E-state index contributed by atoms with van der Waals surface area (Å²) in [4.78, 5) is 105. The minimum Gasteiger partial charge on any atom is -0.756 e. The molecule has 33 heteroatoms. The van der Waals surface area contributed by atoms with Gasteiger partial charge in [0.1, 0.15) is 42.2 Å². The van der Waals surface area contributed by atoms with Crippen molar-refractivity contribution in [1.82, 2.24) is 30.2 Å². The number of hydrogen-bond acceptors (Lipinski definition) is 22. The number of ether oxygens (including phenoxy) is 1. The first kappa shape index (κ1) is 59.0. The van der Waals surface area contributed by atoms with E-state index in [1.807, 2.05) is 0 Å². The zero-order valence-corrected chi connectivity index (χ0v) is 42.1. The van der Waals surface area contributed by atoms with Crippen molar-refractivity contribution in [3.63, 3.8) is 0 Å². The maximum absolute atomic E-state index is 12.5. The van der Waals surface area contributed by atoms with E-state index < -0.39 is 102 Å². The van der Waals surface area contributed by atoms with E-state index in [-0.39, 0.29) is 137 Å². The first-order valence-corrected chi connectivity index (χ1v) is 21.5. The van der Waals surface area contributed by atoms with Gasteiger partial charge in [-0.3, -0.25) is 37.4 Å². The molecule has 0 aliphatic carbocycles. The van der Waals surface area contributed by atoms with E-state index >= 15 is 0 Å². The Morgan fingerprint density at radius 3 is 2.27 bits per heavy atom. The summed E-state index contributed by atoms with van der Waals surface area (Å²) < 4.78 is 60.7. The van der Waals surface area contributed by atoms with Crippen LogP contribution in [-0.4, -0.2) is 119 Å². The largest absolute Gasteiger partial charge is 1.00 e. The van der Waals surface area contributed by atoms with Crippen LogP contribution in [-0.2, 0) is 55.5 Å². The van der Waals surface area contributed by atoms with Crippen LogP contribution in [0.5, 0.6) is 0 Å². The van der Waals surface area contributed by atoms with E-state index in [1.165, 1.54) is 13.8 Å². The van der Waals surface area contributed by atoms with Crippen molar-refractivity contribution in [3.8, 4) is 0 Å². The third-order valence-electron chi connectivity index (χ3n) is 7.72. The Hall–Kier alpha value is 0.0300. The molecule has 316 valence electrons. The number of carbonyl (C=O) groups is 4. The quantitative estimate of drug-likeness (QED) is 0.0249. The number of phosphoric acid groups is 3. The summed E-state index contributed by atoms with van der Waals surface area (Å²) in [5, 5.41) is 34.5. The second kappa shape index (κ2) is 25.5. The zero-order chi connectivity index (χ0) is 42.2. The van der Waals surface area contributed by atoms with Gasteiger partial charge in [0.15, 0.2) is 17.7 Å². The molecule has 0 aromatic carbocycles. The van der Waals surface area contributed by atoms with Crippen LogP contribution in [0.3, 0.4) is 0 Å². The normalized spacial score (nSPS) is 21.8. The standard InChI is InChI=1S/C26H42N7O19P3S.3Na/c1-4-13(24(38)39)25(40)56-8-7-28-15(34)5-6-29-22(37)19(36)26(2,3)10-49-55(46,47)52-54(44,45)48-9-14-18(51-53(41,42)43)17(35)23(50-14)33-12-32-16-20(27)30-11-31-21(16)33;;;/h11-14,17-19,23,35-36H,4-10H2,1-3H3,(H,28,34)(H,29,37)(H,38,39)(H,44,45)(H,46,47)(H2,27,30,31)(H2,41,42,43);;;/q;3*+1/p-3. The molecule has 3 rings (SSSR count). The third kappa shape index (κ3) is 18.2. The number of anilines is 1. The number of phosphoric ester groups is 3. The molecule has 2 aromatic rings. The van der Waals surface area contributed by atoms with Gasteiger partial charge in [0.05, 0.1) is 19.5 Å². The molecule has 9 atom stereocenters. The number of imidazole rings is 1. The Kier molecular flexibility index (Phi) is 25.5. The number of fused-ring (bicyclic) bond motifs is 1. The number of nitrogens with two attached hydrogens (primary N) is 1. The second-order valence-corrected chi connectivity index (χ2v) is 17.7. The maximum Gasteiger partial charge on any atom is 1.00 e. The molecule has 0 saturated carbocycles. The van der Waals surface area contributed by atoms with Crippen molar-refractivity contribution in [2.45, 2.75) is 64.3 Å².